The predicted octanol–water partition coefficient (Wildman–Crippen LogP) is 1.93. The fourth-order valence-corrected chi connectivity index (χ4v) is 5.15. The van der Waals surface area contributed by atoms with Crippen LogP contribution >= 0.6 is 15.9 Å². The van der Waals surface area contributed by atoms with Gasteiger partial charge in [0.05, 0.1) is 23.7 Å². The van der Waals surface area contributed by atoms with Crippen molar-refractivity contribution in [2.45, 2.75) is 37.6 Å². The highest BCUT2D eigenvalue weighted by atomic mass is 79.9. The van der Waals surface area contributed by atoms with Gasteiger partial charge in [0, 0.05) is 23.6 Å². The van der Waals surface area contributed by atoms with Crippen molar-refractivity contribution in [1.82, 2.24) is 9.62 Å². The molecule has 8 nitrogen and oxygen atoms in total. The Morgan fingerprint density at radius 2 is 2.00 bits per heavy atom. The van der Waals surface area contributed by atoms with E-state index >= 15 is 0 Å². The van der Waals surface area contributed by atoms with Gasteiger partial charge in [-0.3, -0.25) is 4.79 Å². The number of benzene rings is 1. The molecule has 156 valence electrons. The molecule has 1 aromatic carbocycles. The molecule has 1 fully saturated rings. The summed E-state index contributed by atoms with van der Waals surface area (Å²) in [7, 11) is -3.78. The largest absolute Gasteiger partial charge is 0.452 e. The molecule has 10 heteroatoms. The van der Waals surface area contributed by atoms with E-state index in [2.05, 4.69) is 21.2 Å². The monoisotopic (exact) mass is 476 g/mol. The van der Waals surface area contributed by atoms with Gasteiger partial charge in [0.25, 0.3) is 5.91 Å². The summed E-state index contributed by atoms with van der Waals surface area (Å²) in [5.74, 6) is -1.16. The van der Waals surface area contributed by atoms with E-state index in [1.54, 1.807) is 0 Å². The smallest absolute Gasteiger partial charge is 0.338 e. The standard InChI is InChI=1S/C18H25BrN2O6S/c1-3-4-13(2)20-17(22)12-27-18(23)14-5-6-15(19)16(11-14)28(24,25)21-7-9-26-10-8-21/h5-6,11,13H,3-4,7-10,12H2,1-2H3,(H,20,22). The van der Waals surface area contributed by atoms with Gasteiger partial charge in [-0.25, -0.2) is 13.2 Å². The van der Waals surface area contributed by atoms with Crippen molar-refractivity contribution in [2.75, 3.05) is 32.9 Å². The summed E-state index contributed by atoms with van der Waals surface area (Å²) >= 11 is 3.23. The topological polar surface area (TPSA) is 102 Å². The van der Waals surface area contributed by atoms with Crippen LogP contribution in [0.2, 0.25) is 0 Å². The molecule has 0 saturated carbocycles. The summed E-state index contributed by atoms with van der Waals surface area (Å²) in [6.45, 7) is 4.61. The molecule has 1 aromatic rings. The number of hydrogen-bond acceptors (Lipinski definition) is 6. The van der Waals surface area contributed by atoms with Crippen LogP contribution in [-0.2, 0) is 24.3 Å². The number of carbonyl (C=O) groups excluding carboxylic acids is 2. The minimum absolute atomic E-state index is 0.00542. The molecule has 0 spiro atoms. The minimum atomic E-state index is -3.78. The van der Waals surface area contributed by atoms with Crippen molar-refractivity contribution in [2.24, 2.45) is 0 Å². The molecule has 2 rings (SSSR count). The SMILES string of the molecule is CCCC(C)NC(=O)COC(=O)c1ccc(Br)c(S(=O)(=O)N2CCOCC2)c1. The highest BCUT2D eigenvalue weighted by Crippen LogP contribution is 2.27. The number of ether oxygens (including phenoxy) is 2. The number of hydrogen-bond donors (Lipinski definition) is 1. The zero-order valence-corrected chi connectivity index (χ0v) is 18.3. The average Bonchev–Trinajstić information content (AvgIpc) is 2.67. The van der Waals surface area contributed by atoms with E-state index in [1.165, 1.54) is 22.5 Å². The highest BCUT2D eigenvalue weighted by molar-refractivity contribution is 9.10. The van der Waals surface area contributed by atoms with Gasteiger partial charge in [0.15, 0.2) is 6.61 Å². The summed E-state index contributed by atoms with van der Waals surface area (Å²) in [6, 6.07) is 4.18. The molecule has 1 N–H and O–H groups in total. The average molecular weight is 477 g/mol. The fraction of sp³-hybridized carbons (Fsp3) is 0.556. The number of carbonyl (C=O) groups is 2. The second kappa shape index (κ2) is 10.3. The summed E-state index contributed by atoms with van der Waals surface area (Å²) in [4.78, 5) is 24.1. The van der Waals surface area contributed by atoms with Crippen LogP contribution in [-0.4, -0.2) is 63.6 Å². The number of amides is 1. The summed E-state index contributed by atoms with van der Waals surface area (Å²) in [5, 5.41) is 2.74. The first kappa shape index (κ1) is 22.8. The normalized spacial score (nSPS) is 16.4. The van der Waals surface area contributed by atoms with Crippen LogP contribution in [0.4, 0.5) is 0 Å². The van der Waals surface area contributed by atoms with E-state index in [-0.39, 0.29) is 29.6 Å². The van der Waals surface area contributed by atoms with Gasteiger partial charge < -0.3 is 14.8 Å². The molecular weight excluding hydrogens is 452 g/mol. The molecule has 1 aliphatic rings. The van der Waals surface area contributed by atoms with Gasteiger partial charge >= 0.3 is 5.97 Å². The Morgan fingerprint density at radius 1 is 1.32 bits per heavy atom. The van der Waals surface area contributed by atoms with Gasteiger partial charge in [0.2, 0.25) is 10.0 Å². The second-order valence-corrected chi connectivity index (χ2v) is 9.26. The lowest BCUT2D eigenvalue weighted by atomic mass is 10.2. The van der Waals surface area contributed by atoms with Crippen LogP contribution in [0.3, 0.4) is 0 Å². The van der Waals surface area contributed by atoms with E-state index < -0.39 is 28.5 Å². The number of nitrogens with zero attached hydrogens (tertiary/aromatic N) is 1. The van der Waals surface area contributed by atoms with Crippen LogP contribution < -0.4 is 5.32 Å². The number of morpholine rings is 1. The van der Waals surface area contributed by atoms with Gasteiger partial charge in [-0.05, 0) is 47.5 Å². The van der Waals surface area contributed by atoms with Gasteiger partial charge in [-0.2, -0.15) is 4.31 Å². The molecule has 1 aliphatic heterocycles. The van der Waals surface area contributed by atoms with Gasteiger partial charge in [-0.1, -0.05) is 13.3 Å². The second-order valence-electron chi connectivity index (χ2n) is 6.50. The molecule has 1 heterocycles. The van der Waals surface area contributed by atoms with Crippen LogP contribution in [0.25, 0.3) is 0 Å². The number of nitrogens with one attached hydrogen (secondary N) is 1. The van der Waals surface area contributed by atoms with Crippen molar-refractivity contribution in [3.05, 3.63) is 28.2 Å². The lowest BCUT2D eigenvalue weighted by Crippen LogP contribution is -2.40. The Labute approximate surface area is 173 Å². The van der Waals surface area contributed by atoms with Crippen LogP contribution in [0.1, 0.15) is 37.0 Å². The Balaban J connectivity index is 2.07. The first-order valence-electron chi connectivity index (χ1n) is 9.09. The molecule has 28 heavy (non-hydrogen) atoms. The van der Waals surface area contributed by atoms with Crippen LogP contribution in [0.5, 0.6) is 0 Å². The third-order valence-electron chi connectivity index (χ3n) is 4.22. The van der Waals surface area contributed by atoms with Crippen molar-refractivity contribution in [1.29, 1.82) is 0 Å². The maximum absolute atomic E-state index is 12.9. The Bertz CT molecular complexity index is 808. The maximum atomic E-state index is 12.9. The molecular formula is C18H25BrN2O6S. The first-order valence-corrected chi connectivity index (χ1v) is 11.3. The highest BCUT2D eigenvalue weighted by Gasteiger charge is 2.29. The number of rotatable bonds is 8. The summed E-state index contributed by atoms with van der Waals surface area (Å²) in [5.41, 5.74) is 0.0597. The molecule has 1 amide bonds. The van der Waals surface area contributed by atoms with Crippen molar-refractivity contribution >= 4 is 37.8 Å². The summed E-state index contributed by atoms with van der Waals surface area (Å²) < 4.78 is 37.6. The molecule has 1 atom stereocenters. The third kappa shape index (κ3) is 6.00. The van der Waals surface area contributed by atoms with Crippen molar-refractivity contribution in [3.63, 3.8) is 0 Å². The van der Waals surface area contributed by atoms with Gasteiger partial charge in [-0.15, -0.1) is 0 Å². The Morgan fingerprint density at radius 3 is 2.64 bits per heavy atom. The third-order valence-corrected chi connectivity index (χ3v) is 7.11. The van der Waals surface area contributed by atoms with E-state index in [0.29, 0.717) is 17.7 Å². The molecule has 1 saturated heterocycles. The number of esters is 1. The van der Waals surface area contributed by atoms with Gasteiger partial charge in [0.1, 0.15) is 0 Å². The lowest BCUT2D eigenvalue weighted by molar-refractivity contribution is -0.124. The molecule has 0 aliphatic carbocycles. The minimum Gasteiger partial charge on any atom is -0.452 e. The fourth-order valence-electron chi connectivity index (χ4n) is 2.79. The van der Waals surface area contributed by atoms with E-state index in [1.807, 2.05) is 13.8 Å². The van der Waals surface area contributed by atoms with Crippen molar-refractivity contribution in [3.8, 4) is 0 Å². The predicted molar refractivity (Wildman–Crippen MR) is 107 cm³/mol. The van der Waals surface area contributed by atoms with Crippen molar-refractivity contribution < 1.29 is 27.5 Å². The number of halogens is 1. The Kier molecular flexibility index (Phi) is 8.41. The zero-order valence-electron chi connectivity index (χ0n) is 15.9. The summed E-state index contributed by atoms with van der Waals surface area (Å²) in [6.07, 6.45) is 1.76. The van der Waals surface area contributed by atoms with E-state index in [9.17, 15) is 18.0 Å². The quantitative estimate of drug-likeness (QED) is 0.575. The zero-order chi connectivity index (χ0) is 20.7. The lowest BCUT2D eigenvalue weighted by Gasteiger charge is -2.26. The molecule has 0 bridgehead atoms. The maximum Gasteiger partial charge on any atom is 0.338 e. The Hall–Kier alpha value is -1.49. The van der Waals surface area contributed by atoms with Crippen LogP contribution in [0.15, 0.2) is 27.6 Å². The molecule has 0 radical (unpaired) electrons. The van der Waals surface area contributed by atoms with E-state index in [4.69, 9.17) is 9.47 Å². The van der Waals surface area contributed by atoms with E-state index in [0.717, 1.165) is 12.8 Å². The first-order chi connectivity index (χ1) is 13.3. The molecule has 0 aromatic heterocycles. The number of sulfonamides is 1. The molecule has 1 unspecified atom stereocenters. The van der Waals surface area contributed by atoms with Crippen LogP contribution in [0, 0.1) is 0 Å².